The number of hydrogen-bond donors (Lipinski definition) is 2. The fourth-order valence-electron chi connectivity index (χ4n) is 1.95. The van der Waals surface area contributed by atoms with E-state index in [0.717, 1.165) is 13.0 Å². The van der Waals surface area contributed by atoms with Crippen molar-refractivity contribution in [1.29, 1.82) is 0 Å². The maximum atomic E-state index is 11.8. The minimum absolute atomic E-state index is 0.0973. The predicted molar refractivity (Wildman–Crippen MR) is 64.2 cm³/mol. The molecule has 2 N–H and O–H groups in total. The van der Waals surface area contributed by atoms with Gasteiger partial charge in [0.05, 0.1) is 6.04 Å². The molecule has 1 atom stereocenters. The molecule has 0 unspecified atom stereocenters. The van der Waals surface area contributed by atoms with E-state index in [1.165, 1.54) is 5.56 Å². The summed E-state index contributed by atoms with van der Waals surface area (Å²) in [5, 5.41) is 6.32. The molecule has 0 bridgehead atoms. The van der Waals surface area contributed by atoms with Gasteiger partial charge in [-0.25, -0.2) is 0 Å². The summed E-state index contributed by atoms with van der Waals surface area (Å²) in [5.74, 6) is 0.0973. The molecule has 86 valence electrons. The van der Waals surface area contributed by atoms with Crippen LogP contribution in [0.15, 0.2) is 30.3 Å². The lowest BCUT2D eigenvalue weighted by Gasteiger charge is -2.36. The molecule has 3 heteroatoms. The van der Waals surface area contributed by atoms with Gasteiger partial charge in [-0.3, -0.25) is 4.79 Å². The zero-order valence-corrected chi connectivity index (χ0v) is 9.79. The SMILES string of the molecule is CC1(C)CN[C@H](Cc2ccccc2)C(=O)N1. The topological polar surface area (TPSA) is 41.1 Å². The van der Waals surface area contributed by atoms with Gasteiger partial charge in [0.15, 0.2) is 0 Å². The van der Waals surface area contributed by atoms with E-state index in [1.807, 2.05) is 32.0 Å². The van der Waals surface area contributed by atoms with Gasteiger partial charge in [-0.1, -0.05) is 30.3 Å². The van der Waals surface area contributed by atoms with Crippen LogP contribution in [-0.4, -0.2) is 24.0 Å². The van der Waals surface area contributed by atoms with Crippen molar-refractivity contribution in [1.82, 2.24) is 10.6 Å². The van der Waals surface area contributed by atoms with E-state index in [2.05, 4.69) is 22.8 Å². The van der Waals surface area contributed by atoms with Crippen LogP contribution in [0.5, 0.6) is 0 Å². The zero-order valence-electron chi connectivity index (χ0n) is 9.79. The number of hydrogen-bond acceptors (Lipinski definition) is 2. The van der Waals surface area contributed by atoms with Gasteiger partial charge in [-0.2, -0.15) is 0 Å². The van der Waals surface area contributed by atoms with Crippen LogP contribution in [0.4, 0.5) is 0 Å². The minimum atomic E-state index is -0.135. The van der Waals surface area contributed by atoms with Gasteiger partial charge in [-0.05, 0) is 25.8 Å². The largest absolute Gasteiger partial charge is 0.349 e. The van der Waals surface area contributed by atoms with Crippen LogP contribution in [0.3, 0.4) is 0 Å². The molecule has 0 saturated carbocycles. The third-order valence-electron chi connectivity index (χ3n) is 2.85. The molecule has 1 aliphatic rings. The van der Waals surface area contributed by atoms with Crippen LogP contribution in [0.2, 0.25) is 0 Å². The normalized spacial score (nSPS) is 23.9. The number of nitrogens with one attached hydrogen (secondary N) is 2. The van der Waals surface area contributed by atoms with E-state index in [9.17, 15) is 4.79 Å². The van der Waals surface area contributed by atoms with Crippen molar-refractivity contribution in [2.24, 2.45) is 0 Å². The molecule has 0 aromatic heterocycles. The van der Waals surface area contributed by atoms with Gasteiger partial charge in [-0.15, -0.1) is 0 Å². The third kappa shape index (κ3) is 2.61. The molecule has 2 rings (SSSR count). The Hall–Kier alpha value is -1.35. The quantitative estimate of drug-likeness (QED) is 0.780. The van der Waals surface area contributed by atoms with E-state index in [0.29, 0.717) is 0 Å². The average Bonchev–Trinajstić information content (AvgIpc) is 2.23. The van der Waals surface area contributed by atoms with Crippen molar-refractivity contribution in [2.75, 3.05) is 6.54 Å². The van der Waals surface area contributed by atoms with E-state index in [-0.39, 0.29) is 17.5 Å². The van der Waals surface area contributed by atoms with Crippen LogP contribution in [0.25, 0.3) is 0 Å². The van der Waals surface area contributed by atoms with Crippen LogP contribution in [0, 0.1) is 0 Å². The lowest BCUT2D eigenvalue weighted by molar-refractivity contribution is -0.126. The van der Waals surface area contributed by atoms with E-state index >= 15 is 0 Å². The zero-order chi connectivity index (χ0) is 11.6. The summed E-state index contributed by atoms with van der Waals surface area (Å²) >= 11 is 0. The Balaban J connectivity index is 2.00. The molecule has 1 amide bonds. The van der Waals surface area contributed by atoms with Crippen LogP contribution in [0.1, 0.15) is 19.4 Å². The Morgan fingerprint density at radius 2 is 2.00 bits per heavy atom. The van der Waals surface area contributed by atoms with Crippen molar-refractivity contribution in [3.63, 3.8) is 0 Å². The maximum Gasteiger partial charge on any atom is 0.237 e. The summed E-state index contributed by atoms with van der Waals surface area (Å²) in [5.41, 5.74) is 1.06. The molecule has 1 saturated heterocycles. The fourth-order valence-corrected chi connectivity index (χ4v) is 1.95. The monoisotopic (exact) mass is 218 g/mol. The summed E-state index contributed by atoms with van der Waals surface area (Å²) in [7, 11) is 0. The fraction of sp³-hybridized carbons (Fsp3) is 0.462. The molecule has 1 aromatic carbocycles. The smallest absolute Gasteiger partial charge is 0.237 e. The van der Waals surface area contributed by atoms with E-state index in [1.54, 1.807) is 0 Å². The summed E-state index contributed by atoms with van der Waals surface area (Å²) in [6.07, 6.45) is 0.753. The van der Waals surface area contributed by atoms with Crippen LogP contribution in [-0.2, 0) is 11.2 Å². The highest BCUT2D eigenvalue weighted by molar-refractivity contribution is 5.83. The predicted octanol–water partition coefficient (Wildman–Crippen LogP) is 1.10. The summed E-state index contributed by atoms with van der Waals surface area (Å²) < 4.78 is 0. The molecule has 1 aliphatic heterocycles. The first kappa shape index (κ1) is 11.1. The van der Waals surface area contributed by atoms with Gasteiger partial charge in [0.25, 0.3) is 0 Å². The van der Waals surface area contributed by atoms with E-state index < -0.39 is 0 Å². The number of rotatable bonds is 2. The van der Waals surface area contributed by atoms with Crippen molar-refractivity contribution < 1.29 is 4.79 Å². The molecule has 0 spiro atoms. The summed E-state index contributed by atoms with van der Waals surface area (Å²) in [6, 6.07) is 9.99. The molecule has 16 heavy (non-hydrogen) atoms. The third-order valence-corrected chi connectivity index (χ3v) is 2.85. The highest BCUT2D eigenvalue weighted by atomic mass is 16.2. The number of carbonyl (C=O) groups excluding carboxylic acids is 1. The summed E-state index contributed by atoms with van der Waals surface area (Å²) in [6.45, 7) is 4.86. The Labute approximate surface area is 96.2 Å². The Morgan fingerprint density at radius 1 is 1.31 bits per heavy atom. The van der Waals surface area contributed by atoms with E-state index in [4.69, 9.17) is 0 Å². The lowest BCUT2D eigenvalue weighted by atomic mass is 9.97. The lowest BCUT2D eigenvalue weighted by Crippen LogP contribution is -2.63. The van der Waals surface area contributed by atoms with Gasteiger partial charge < -0.3 is 10.6 Å². The molecular weight excluding hydrogens is 200 g/mol. The molecule has 1 fully saturated rings. The first-order valence-electron chi connectivity index (χ1n) is 5.66. The maximum absolute atomic E-state index is 11.8. The average molecular weight is 218 g/mol. The first-order chi connectivity index (χ1) is 7.57. The highest BCUT2D eigenvalue weighted by Crippen LogP contribution is 2.10. The second kappa shape index (κ2) is 4.26. The van der Waals surface area contributed by atoms with Gasteiger partial charge in [0.1, 0.15) is 0 Å². The van der Waals surface area contributed by atoms with Crippen molar-refractivity contribution in [3.8, 4) is 0 Å². The van der Waals surface area contributed by atoms with Crippen molar-refractivity contribution >= 4 is 5.91 Å². The van der Waals surface area contributed by atoms with Crippen LogP contribution < -0.4 is 10.6 Å². The molecule has 1 heterocycles. The van der Waals surface area contributed by atoms with Gasteiger partial charge in [0, 0.05) is 12.1 Å². The second-order valence-electron chi connectivity index (χ2n) is 5.00. The Bertz CT molecular complexity index is 373. The van der Waals surface area contributed by atoms with Crippen molar-refractivity contribution in [3.05, 3.63) is 35.9 Å². The minimum Gasteiger partial charge on any atom is -0.349 e. The Kier molecular flexibility index (Phi) is 2.97. The van der Waals surface area contributed by atoms with Gasteiger partial charge in [0.2, 0.25) is 5.91 Å². The summed E-state index contributed by atoms with van der Waals surface area (Å²) in [4.78, 5) is 11.8. The second-order valence-corrected chi connectivity index (χ2v) is 5.00. The molecule has 3 nitrogen and oxygen atoms in total. The number of benzene rings is 1. The molecule has 0 radical (unpaired) electrons. The standard InChI is InChI=1S/C13H18N2O/c1-13(2)9-14-11(12(16)15-13)8-10-6-4-3-5-7-10/h3-7,11,14H,8-9H2,1-2H3,(H,15,16)/t11-/m1/s1. The number of piperazine rings is 1. The molecular formula is C13H18N2O. The molecule has 1 aromatic rings. The van der Waals surface area contributed by atoms with Crippen molar-refractivity contribution in [2.45, 2.75) is 31.8 Å². The molecule has 0 aliphatic carbocycles. The highest BCUT2D eigenvalue weighted by Gasteiger charge is 2.31. The van der Waals surface area contributed by atoms with Gasteiger partial charge >= 0.3 is 0 Å². The number of amides is 1. The number of carbonyl (C=O) groups is 1. The Morgan fingerprint density at radius 3 is 2.62 bits per heavy atom. The first-order valence-corrected chi connectivity index (χ1v) is 5.66. The van der Waals surface area contributed by atoms with Crippen LogP contribution >= 0.6 is 0 Å².